The van der Waals surface area contributed by atoms with Crippen LogP contribution >= 0.6 is 15.9 Å². The minimum absolute atomic E-state index is 0.0518. The molecule has 2 N–H and O–H groups in total. The Morgan fingerprint density at radius 1 is 1.11 bits per heavy atom. The van der Waals surface area contributed by atoms with Crippen LogP contribution in [0.1, 0.15) is 36.2 Å². The summed E-state index contributed by atoms with van der Waals surface area (Å²) in [6.45, 7) is 4.83. The molecule has 2 aromatic carbocycles. The van der Waals surface area contributed by atoms with Crippen molar-refractivity contribution in [3.05, 3.63) is 58.1 Å². The lowest BCUT2D eigenvalue weighted by atomic mass is 10.1. The number of likely N-dealkylation sites (N-methyl/N-ethyl adjacent to an activating group) is 1. The number of rotatable bonds is 8. The van der Waals surface area contributed by atoms with Gasteiger partial charge in [-0.05, 0) is 48.2 Å². The number of hydrogen-bond acceptors (Lipinski definition) is 3. The van der Waals surface area contributed by atoms with Crippen molar-refractivity contribution >= 4 is 33.4 Å². The van der Waals surface area contributed by atoms with E-state index in [1.165, 1.54) is 0 Å². The van der Waals surface area contributed by atoms with Gasteiger partial charge in [0.15, 0.2) is 0 Å². The molecule has 2 amide bonds. The van der Waals surface area contributed by atoms with Crippen molar-refractivity contribution in [3.63, 3.8) is 0 Å². The Kier molecular flexibility index (Phi) is 7.85. The largest absolute Gasteiger partial charge is 0.493 e. The fourth-order valence-corrected chi connectivity index (χ4v) is 2.75. The van der Waals surface area contributed by atoms with Crippen molar-refractivity contribution in [1.82, 2.24) is 5.32 Å². The van der Waals surface area contributed by atoms with Gasteiger partial charge in [0, 0.05) is 17.2 Å². The van der Waals surface area contributed by atoms with Crippen molar-refractivity contribution in [3.8, 4) is 5.75 Å². The first kappa shape index (κ1) is 21.0. The molecule has 0 aliphatic rings. The SMILES string of the molecule is CNC(=O)Cc1ccc(NC(=O)c2cc(Br)ccc2OCCC(C)C)cc1. The summed E-state index contributed by atoms with van der Waals surface area (Å²) in [7, 11) is 1.61. The van der Waals surface area contributed by atoms with Crippen LogP contribution in [0.5, 0.6) is 5.75 Å². The van der Waals surface area contributed by atoms with Crippen molar-refractivity contribution in [1.29, 1.82) is 0 Å². The summed E-state index contributed by atoms with van der Waals surface area (Å²) in [6.07, 6.45) is 1.23. The molecule has 0 aliphatic heterocycles. The second-order valence-electron chi connectivity index (χ2n) is 6.67. The lowest BCUT2D eigenvalue weighted by Gasteiger charge is -2.13. The summed E-state index contributed by atoms with van der Waals surface area (Å²) in [5.74, 6) is 0.803. The monoisotopic (exact) mass is 432 g/mol. The van der Waals surface area contributed by atoms with Gasteiger partial charge in [-0.3, -0.25) is 9.59 Å². The van der Waals surface area contributed by atoms with Crippen molar-refractivity contribution in [2.75, 3.05) is 19.0 Å². The standard InChI is InChI=1S/C21H25BrN2O3/c1-14(2)10-11-27-19-9-6-16(22)13-18(19)21(26)24-17-7-4-15(5-8-17)12-20(25)23-3/h4-9,13-14H,10-12H2,1-3H3,(H,23,25)(H,24,26). The molecule has 0 atom stereocenters. The van der Waals surface area contributed by atoms with E-state index in [4.69, 9.17) is 4.74 Å². The van der Waals surface area contributed by atoms with Crippen molar-refractivity contribution in [2.45, 2.75) is 26.7 Å². The number of benzene rings is 2. The van der Waals surface area contributed by atoms with E-state index in [0.717, 1.165) is 16.5 Å². The number of anilines is 1. The highest BCUT2D eigenvalue weighted by molar-refractivity contribution is 9.10. The average Bonchev–Trinajstić information content (AvgIpc) is 2.64. The van der Waals surface area contributed by atoms with Gasteiger partial charge in [0.25, 0.3) is 5.91 Å². The zero-order valence-corrected chi connectivity index (χ0v) is 17.4. The second kappa shape index (κ2) is 10.1. The van der Waals surface area contributed by atoms with Gasteiger partial charge in [0.05, 0.1) is 18.6 Å². The molecular formula is C21H25BrN2O3. The molecular weight excluding hydrogens is 408 g/mol. The lowest BCUT2D eigenvalue weighted by Crippen LogP contribution is -2.19. The topological polar surface area (TPSA) is 67.4 Å². The van der Waals surface area contributed by atoms with Crippen LogP contribution < -0.4 is 15.4 Å². The molecule has 0 saturated heterocycles. The highest BCUT2D eigenvalue weighted by Crippen LogP contribution is 2.25. The molecule has 6 heteroatoms. The predicted molar refractivity (Wildman–Crippen MR) is 111 cm³/mol. The Morgan fingerprint density at radius 3 is 2.44 bits per heavy atom. The maximum absolute atomic E-state index is 12.7. The number of carbonyl (C=O) groups excluding carboxylic acids is 2. The summed E-state index contributed by atoms with van der Waals surface area (Å²) in [6, 6.07) is 12.6. The van der Waals surface area contributed by atoms with E-state index in [2.05, 4.69) is 40.4 Å². The minimum atomic E-state index is -0.241. The van der Waals surface area contributed by atoms with E-state index >= 15 is 0 Å². The molecule has 2 rings (SSSR count). The van der Waals surface area contributed by atoms with Gasteiger partial charge in [-0.25, -0.2) is 0 Å². The van der Waals surface area contributed by atoms with Crippen LogP contribution in [0.2, 0.25) is 0 Å². The number of carbonyl (C=O) groups is 2. The normalized spacial score (nSPS) is 10.6. The van der Waals surface area contributed by atoms with Gasteiger partial charge in [-0.15, -0.1) is 0 Å². The number of halogens is 1. The fourth-order valence-electron chi connectivity index (χ4n) is 2.39. The summed E-state index contributed by atoms with van der Waals surface area (Å²) >= 11 is 3.41. The molecule has 27 heavy (non-hydrogen) atoms. The maximum atomic E-state index is 12.7. The maximum Gasteiger partial charge on any atom is 0.259 e. The second-order valence-corrected chi connectivity index (χ2v) is 7.59. The predicted octanol–water partition coefficient (Wildman–Crippen LogP) is 4.41. The summed E-state index contributed by atoms with van der Waals surface area (Å²) < 4.78 is 6.62. The number of amides is 2. The Bertz CT molecular complexity index is 789. The van der Waals surface area contributed by atoms with Gasteiger partial charge in [-0.2, -0.15) is 0 Å². The third-order valence-corrected chi connectivity index (χ3v) is 4.49. The first-order valence-corrected chi connectivity index (χ1v) is 9.71. The molecule has 144 valence electrons. The van der Waals surface area contributed by atoms with Crippen LogP contribution in [-0.4, -0.2) is 25.5 Å². The van der Waals surface area contributed by atoms with Crippen molar-refractivity contribution < 1.29 is 14.3 Å². The fraction of sp³-hybridized carbons (Fsp3) is 0.333. The highest BCUT2D eigenvalue weighted by Gasteiger charge is 2.14. The van der Waals surface area contributed by atoms with E-state index in [1.54, 1.807) is 31.3 Å². The molecule has 2 aromatic rings. The molecule has 0 fully saturated rings. The zero-order valence-electron chi connectivity index (χ0n) is 15.8. The van der Waals surface area contributed by atoms with Gasteiger partial charge >= 0.3 is 0 Å². The molecule has 0 spiro atoms. The minimum Gasteiger partial charge on any atom is -0.493 e. The first-order chi connectivity index (χ1) is 12.9. The van der Waals surface area contributed by atoms with Crippen LogP contribution in [0.3, 0.4) is 0 Å². The summed E-state index contributed by atoms with van der Waals surface area (Å²) in [4.78, 5) is 24.1. The van der Waals surface area contributed by atoms with E-state index in [0.29, 0.717) is 35.9 Å². The van der Waals surface area contributed by atoms with Crippen LogP contribution in [0.4, 0.5) is 5.69 Å². The molecule has 0 aromatic heterocycles. The Labute approximate surface area is 168 Å². The van der Waals surface area contributed by atoms with Crippen LogP contribution in [0.15, 0.2) is 46.9 Å². The Morgan fingerprint density at radius 2 is 1.81 bits per heavy atom. The van der Waals surface area contributed by atoms with Crippen LogP contribution in [-0.2, 0) is 11.2 Å². The number of ether oxygens (including phenoxy) is 1. The summed E-state index contributed by atoms with van der Waals surface area (Å²) in [5, 5.41) is 5.47. The summed E-state index contributed by atoms with van der Waals surface area (Å²) in [5.41, 5.74) is 2.02. The van der Waals surface area contributed by atoms with E-state index < -0.39 is 0 Å². The van der Waals surface area contributed by atoms with Crippen LogP contribution in [0, 0.1) is 5.92 Å². The molecule has 0 heterocycles. The molecule has 0 unspecified atom stereocenters. The molecule has 0 bridgehead atoms. The number of nitrogens with one attached hydrogen (secondary N) is 2. The molecule has 5 nitrogen and oxygen atoms in total. The van der Waals surface area contributed by atoms with E-state index in [9.17, 15) is 9.59 Å². The van der Waals surface area contributed by atoms with Gasteiger partial charge in [0.2, 0.25) is 5.91 Å². The van der Waals surface area contributed by atoms with E-state index in [-0.39, 0.29) is 11.8 Å². The zero-order chi connectivity index (χ0) is 19.8. The molecule has 0 aliphatic carbocycles. The first-order valence-electron chi connectivity index (χ1n) is 8.92. The Balaban J connectivity index is 2.08. The molecule has 0 saturated carbocycles. The van der Waals surface area contributed by atoms with Gasteiger partial charge < -0.3 is 15.4 Å². The van der Waals surface area contributed by atoms with Crippen LogP contribution in [0.25, 0.3) is 0 Å². The average molecular weight is 433 g/mol. The van der Waals surface area contributed by atoms with Crippen molar-refractivity contribution in [2.24, 2.45) is 5.92 Å². The Hall–Kier alpha value is -2.34. The third-order valence-electron chi connectivity index (χ3n) is 3.99. The van der Waals surface area contributed by atoms with E-state index in [1.807, 2.05) is 18.2 Å². The number of hydrogen-bond donors (Lipinski definition) is 2. The molecule has 0 radical (unpaired) electrons. The quantitative estimate of drug-likeness (QED) is 0.648. The highest BCUT2D eigenvalue weighted by atomic mass is 79.9. The van der Waals surface area contributed by atoms with Gasteiger partial charge in [0.1, 0.15) is 5.75 Å². The lowest BCUT2D eigenvalue weighted by molar-refractivity contribution is -0.119. The third kappa shape index (κ3) is 6.71. The van der Waals surface area contributed by atoms with Gasteiger partial charge in [-0.1, -0.05) is 41.9 Å². The smallest absolute Gasteiger partial charge is 0.259 e.